The summed E-state index contributed by atoms with van der Waals surface area (Å²) in [4.78, 5) is 0. The van der Waals surface area contributed by atoms with Crippen molar-refractivity contribution in [2.45, 2.75) is 13.3 Å². The van der Waals surface area contributed by atoms with E-state index in [1.165, 1.54) is 0 Å². The van der Waals surface area contributed by atoms with Gasteiger partial charge in [-0.05, 0) is 0 Å². The fraction of sp³-hybridized carbons (Fsp3) is 0.667. The topological polar surface area (TPSA) is 66.7 Å². The van der Waals surface area contributed by atoms with E-state index in [1.54, 1.807) is 6.92 Å². The predicted octanol–water partition coefficient (Wildman–Crippen LogP) is 1.38. The summed E-state index contributed by atoms with van der Waals surface area (Å²) in [5.41, 5.74) is 0. The van der Waals surface area contributed by atoms with E-state index >= 15 is 0 Å². The van der Waals surface area contributed by atoms with Crippen molar-refractivity contribution in [2.75, 3.05) is 0 Å². The molecule has 0 aromatic heterocycles. The van der Waals surface area contributed by atoms with Crippen LogP contribution in [0.5, 0.6) is 0 Å². The molecule has 48 valence electrons. The second-order valence-corrected chi connectivity index (χ2v) is 3.53. The van der Waals surface area contributed by atoms with E-state index in [-0.39, 0.29) is 10.1 Å². The van der Waals surface area contributed by atoms with Gasteiger partial charge in [-0.3, -0.25) is 0 Å². The van der Waals surface area contributed by atoms with Crippen LogP contribution in [-0.2, 0) is 6.14 Å². The van der Waals surface area contributed by atoms with Crippen LogP contribution < -0.4 is 0 Å². The largest absolute Gasteiger partial charge is 0.410 e. The molecule has 5 heteroatoms. The number of nitrogens with zero attached hydrogens (tertiary/aromatic N) is 1. The highest BCUT2D eigenvalue weighted by atomic mass is 127. The van der Waals surface area contributed by atoms with Gasteiger partial charge in [0.2, 0.25) is 0 Å². The maximum absolute atomic E-state index is 10.00. The molecule has 0 heterocycles. The van der Waals surface area contributed by atoms with Gasteiger partial charge in [-0.25, -0.2) is 6.14 Å². The molecule has 0 radical (unpaired) electrons. The quantitative estimate of drug-likeness (QED) is 0.338. The molecule has 0 bridgehead atoms. The Labute approximate surface area is 53.7 Å². The van der Waals surface area contributed by atoms with Crippen molar-refractivity contribution in [3.8, 4) is 0 Å². The lowest BCUT2D eigenvalue weighted by Crippen LogP contribution is -1.81. The number of oxime groups is 1. The minimum absolute atomic E-state index is 0.0887. The van der Waals surface area contributed by atoms with Gasteiger partial charge in [0.1, 0.15) is 0 Å². The monoisotopic (exact) mass is 231 g/mol. The van der Waals surface area contributed by atoms with Crippen molar-refractivity contribution < 1.29 is 11.3 Å². The Kier molecular flexibility index (Phi) is 3.67. The van der Waals surface area contributed by atoms with Crippen LogP contribution in [-0.4, -0.2) is 8.93 Å². The zero-order chi connectivity index (χ0) is 6.57. The zero-order valence-electron chi connectivity index (χ0n) is 4.30. The molecule has 0 aliphatic carbocycles. The molecule has 1 N–H and O–H groups in total. The van der Waals surface area contributed by atoms with Crippen molar-refractivity contribution in [2.24, 2.45) is 5.16 Å². The van der Waals surface area contributed by atoms with E-state index in [1.807, 2.05) is 0 Å². The number of hydrogen-bond donors (Lipinski definition) is 1. The minimum atomic E-state index is -3.43. The molecule has 0 aromatic carbocycles. The van der Waals surface area contributed by atoms with E-state index in [2.05, 4.69) is 5.16 Å². The van der Waals surface area contributed by atoms with Crippen molar-refractivity contribution in [3.05, 3.63) is 0 Å². The molecule has 0 fully saturated rings. The molecule has 0 saturated heterocycles. The fourth-order valence-corrected chi connectivity index (χ4v) is 1.01. The second kappa shape index (κ2) is 3.76. The Morgan fingerprint density at radius 1 is 1.75 bits per heavy atom. The molecule has 0 saturated carbocycles. The summed E-state index contributed by atoms with van der Waals surface area (Å²) >= 11 is -3.43. The minimum Gasteiger partial charge on any atom is -0.410 e. The molecule has 0 aliphatic rings. The van der Waals surface area contributed by atoms with Gasteiger partial charge in [0.15, 0.2) is 3.72 Å². The van der Waals surface area contributed by atoms with Gasteiger partial charge in [-0.2, -0.15) is 0 Å². The summed E-state index contributed by atoms with van der Waals surface area (Å²) in [6, 6.07) is 0. The fourth-order valence-electron chi connectivity index (χ4n) is 0.211. The predicted molar refractivity (Wildman–Crippen MR) is 34.9 cm³/mol. The van der Waals surface area contributed by atoms with E-state index in [0.29, 0.717) is 0 Å². The Bertz CT molecular complexity index is 152. The normalized spacial score (nSPS) is 12.5. The van der Waals surface area contributed by atoms with Crippen LogP contribution in [0.3, 0.4) is 0 Å². The lowest BCUT2D eigenvalue weighted by atomic mass is 10.6. The highest BCUT2D eigenvalue weighted by Crippen LogP contribution is 2.09. The Morgan fingerprint density at radius 2 is 2.25 bits per heavy atom. The lowest BCUT2D eigenvalue weighted by molar-refractivity contribution is 0.320. The maximum atomic E-state index is 10.00. The lowest BCUT2D eigenvalue weighted by Gasteiger charge is -1.80. The molecule has 0 aromatic rings. The first kappa shape index (κ1) is 7.80. The van der Waals surface area contributed by atoms with Crippen molar-refractivity contribution in [3.63, 3.8) is 0 Å². The summed E-state index contributed by atoms with van der Waals surface area (Å²) in [5, 5.41) is 10.5. The van der Waals surface area contributed by atoms with Gasteiger partial charge in [-0.15, -0.1) is 0 Å². The molecular weight excluding hydrogens is 225 g/mol. The molecule has 0 spiro atoms. The van der Waals surface area contributed by atoms with Gasteiger partial charge in [0.25, 0.3) is 0 Å². The van der Waals surface area contributed by atoms with E-state index < -0.39 is 19.8 Å². The Morgan fingerprint density at radius 3 is 2.25 bits per heavy atom. The van der Waals surface area contributed by atoms with Gasteiger partial charge < -0.3 is 5.21 Å². The zero-order valence-corrected chi connectivity index (χ0v) is 6.45. The third-order valence-corrected chi connectivity index (χ3v) is 2.57. The van der Waals surface area contributed by atoms with Crippen molar-refractivity contribution >= 4 is 23.5 Å². The third kappa shape index (κ3) is 2.20. The first-order valence-electron chi connectivity index (χ1n) is 1.98. The third-order valence-electron chi connectivity index (χ3n) is 0.578. The molecule has 0 amide bonds. The molecule has 8 heavy (non-hydrogen) atoms. The first-order valence-corrected chi connectivity index (χ1v) is 4.82. The smallest absolute Gasteiger partial charge is 0.358 e. The average Bonchev–Trinajstić information content (AvgIpc) is 1.69. The molecule has 0 atom stereocenters. The number of hydrogen-bond acceptors (Lipinski definition) is 4. The summed E-state index contributed by atoms with van der Waals surface area (Å²) in [5.74, 6) is 0. The summed E-state index contributed by atoms with van der Waals surface area (Å²) in [6.45, 7) is 1.62. The van der Waals surface area contributed by atoms with E-state index in [9.17, 15) is 6.14 Å². The molecule has 4 nitrogen and oxygen atoms in total. The second-order valence-electron chi connectivity index (χ2n) is 1.05. The van der Waals surface area contributed by atoms with Crippen LogP contribution in [0.15, 0.2) is 5.16 Å². The Hall–Kier alpha value is -0.200. The number of rotatable bonds is 2. The molecule has 0 rings (SSSR count). The average molecular weight is 231 g/mol. The van der Waals surface area contributed by atoms with Gasteiger partial charge >= 0.3 is 19.8 Å². The highest BCUT2D eigenvalue weighted by molar-refractivity contribution is 14.2. The summed E-state index contributed by atoms with van der Waals surface area (Å²) in [7, 11) is 0. The molecule has 0 aliphatic heterocycles. The Balaban J connectivity index is 4.14. The van der Waals surface area contributed by atoms with Gasteiger partial charge in [0.05, 0.1) is 0 Å². The van der Waals surface area contributed by atoms with Crippen LogP contribution in [0.1, 0.15) is 13.3 Å². The van der Waals surface area contributed by atoms with Crippen LogP contribution in [0.25, 0.3) is 0 Å². The van der Waals surface area contributed by atoms with Gasteiger partial charge in [0, 0.05) is 6.42 Å². The van der Waals surface area contributed by atoms with E-state index in [0.717, 1.165) is 0 Å². The summed E-state index contributed by atoms with van der Waals surface area (Å²) in [6.07, 6.45) is 0.286. The molecule has 0 unspecified atom stereocenters. The van der Waals surface area contributed by atoms with Gasteiger partial charge in [-0.1, -0.05) is 12.1 Å². The number of halogens is 1. The van der Waals surface area contributed by atoms with Crippen molar-refractivity contribution in [1.29, 1.82) is 0 Å². The van der Waals surface area contributed by atoms with Crippen LogP contribution in [0.2, 0.25) is 0 Å². The first-order chi connectivity index (χ1) is 3.72. The van der Waals surface area contributed by atoms with E-state index in [4.69, 9.17) is 5.21 Å². The molecular formula is C3H6INO3. The summed E-state index contributed by atoms with van der Waals surface area (Å²) < 4.78 is 19.9. The highest BCUT2D eigenvalue weighted by Gasteiger charge is 2.00. The van der Waals surface area contributed by atoms with Crippen molar-refractivity contribution in [1.82, 2.24) is 0 Å². The SMILES string of the molecule is CC/C(=N\O)I(=O)=O. The standard InChI is InChI=1S/C3H6INO3/c1-2-3(5-8)4(6)7/h8H,2H2,1H3/b5-3+. The van der Waals surface area contributed by atoms with Crippen LogP contribution in [0, 0.1) is 0 Å². The van der Waals surface area contributed by atoms with Crippen LogP contribution in [0.4, 0.5) is 0 Å². The maximum Gasteiger partial charge on any atom is 0.358 e. The van der Waals surface area contributed by atoms with Crippen LogP contribution >= 0.6 is 19.8 Å².